The molecule has 1 fully saturated rings. The van der Waals surface area contributed by atoms with Gasteiger partial charge < -0.3 is 5.73 Å². The van der Waals surface area contributed by atoms with Crippen molar-refractivity contribution in [3.8, 4) is 5.69 Å². The lowest BCUT2D eigenvalue weighted by Gasteiger charge is -2.27. The first-order chi connectivity index (χ1) is 13.0. The lowest BCUT2D eigenvalue weighted by Crippen LogP contribution is -2.44. The molecular weight excluding hydrogens is 347 g/mol. The third-order valence-corrected chi connectivity index (χ3v) is 5.26. The van der Waals surface area contributed by atoms with Gasteiger partial charge in [0.1, 0.15) is 5.82 Å². The van der Waals surface area contributed by atoms with Gasteiger partial charge in [-0.1, -0.05) is 12.1 Å². The number of halogens is 1. The van der Waals surface area contributed by atoms with E-state index in [9.17, 15) is 14.0 Å². The molecule has 3 aromatic rings. The van der Waals surface area contributed by atoms with Crippen LogP contribution in [0.1, 0.15) is 37.3 Å². The molecule has 2 N–H and O–H groups in total. The molecule has 0 spiro atoms. The van der Waals surface area contributed by atoms with Crippen molar-refractivity contribution in [2.45, 2.75) is 44.7 Å². The minimum Gasteiger partial charge on any atom is -0.328 e. The van der Waals surface area contributed by atoms with Crippen LogP contribution in [0, 0.1) is 12.7 Å². The summed E-state index contributed by atoms with van der Waals surface area (Å²) >= 11 is 0. The number of benzene rings is 1. The summed E-state index contributed by atoms with van der Waals surface area (Å²) in [4.78, 5) is 30.4. The Bertz CT molecular complexity index is 1130. The zero-order valence-corrected chi connectivity index (χ0v) is 15.1. The number of hydrogen-bond donors (Lipinski definition) is 1. The Morgan fingerprint density at radius 1 is 1.15 bits per heavy atom. The van der Waals surface area contributed by atoms with Crippen molar-refractivity contribution in [3.63, 3.8) is 0 Å². The predicted molar refractivity (Wildman–Crippen MR) is 102 cm³/mol. The molecule has 1 aliphatic carbocycles. The standard InChI is InChI=1S/C20H21FN4O2/c1-12-3-2-4-16(9-12)24-18-17(10-13(21)11-23-18)19(26)25(20(24)27)15-7-5-14(22)6-8-15/h2-4,9-11,14-15H,5-8,22H2,1H3. The molecule has 2 aromatic heterocycles. The van der Waals surface area contributed by atoms with Crippen LogP contribution >= 0.6 is 0 Å². The maximum atomic E-state index is 13.8. The zero-order chi connectivity index (χ0) is 19.1. The highest BCUT2D eigenvalue weighted by atomic mass is 19.1. The highest BCUT2D eigenvalue weighted by Gasteiger charge is 2.25. The molecule has 0 amide bonds. The van der Waals surface area contributed by atoms with Crippen LogP contribution in [0.2, 0.25) is 0 Å². The maximum Gasteiger partial charge on any atom is 0.337 e. The van der Waals surface area contributed by atoms with E-state index < -0.39 is 17.1 Å². The van der Waals surface area contributed by atoms with E-state index in [1.54, 1.807) is 6.07 Å². The van der Waals surface area contributed by atoms with Crippen LogP contribution < -0.4 is 17.0 Å². The predicted octanol–water partition coefficient (Wildman–Crippen LogP) is 2.44. The lowest BCUT2D eigenvalue weighted by atomic mass is 9.91. The Kier molecular flexibility index (Phi) is 4.39. The van der Waals surface area contributed by atoms with Gasteiger partial charge in [0.05, 0.1) is 17.3 Å². The van der Waals surface area contributed by atoms with Gasteiger partial charge in [-0.15, -0.1) is 0 Å². The molecule has 0 aliphatic heterocycles. The number of aryl methyl sites for hydroxylation is 1. The van der Waals surface area contributed by atoms with Crippen molar-refractivity contribution in [1.82, 2.24) is 14.1 Å². The third kappa shape index (κ3) is 3.08. The molecule has 140 valence electrons. The molecule has 0 bridgehead atoms. The largest absolute Gasteiger partial charge is 0.337 e. The topological polar surface area (TPSA) is 82.9 Å². The first-order valence-electron chi connectivity index (χ1n) is 9.11. The van der Waals surface area contributed by atoms with Gasteiger partial charge in [-0.05, 0) is 56.4 Å². The maximum absolute atomic E-state index is 13.8. The molecule has 1 aliphatic rings. The molecule has 1 saturated carbocycles. The molecule has 2 heterocycles. The van der Waals surface area contributed by atoms with Gasteiger partial charge in [-0.3, -0.25) is 9.36 Å². The number of pyridine rings is 1. The lowest BCUT2D eigenvalue weighted by molar-refractivity contribution is 0.309. The summed E-state index contributed by atoms with van der Waals surface area (Å²) in [6.07, 6.45) is 3.83. The molecule has 27 heavy (non-hydrogen) atoms. The summed E-state index contributed by atoms with van der Waals surface area (Å²) in [7, 11) is 0. The second-order valence-corrected chi connectivity index (χ2v) is 7.23. The van der Waals surface area contributed by atoms with Crippen LogP contribution in [0.5, 0.6) is 0 Å². The molecule has 6 nitrogen and oxygen atoms in total. The minimum atomic E-state index is -0.605. The number of nitrogens with two attached hydrogens (primary N) is 1. The van der Waals surface area contributed by atoms with Crippen molar-refractivity contribution in [2.24, 2.45) is 5.73 Å². The van der Waals surface area contributed by atoms with Crippen LogP contribution in [0.4, 0.5) is 4.39 Å². The molecule has 0 radical (unpaired) electrons. The van der Waals surface area contributed by atoms with Gasteiger partial charge in [0.2, 0.25) is 0 Å². The fourth-order valence-electron chi connectivity index (χ4n) is 3.86. The molecule has 0 saturated heterocycles. The molecular formula is C20H21FN4O2. The van der Waals surface area contributed by atoms with Crippen molar-refractivity contribution < 1.29 is 4.39 Å². The Hall–Kier alpha value is -2.80. The molecule has 1 aromatic carbocycles. The van der Waals surface area contributed by atoms with Crippen LogP contribution in [0.15, 0.2) is 46.1 Å². The Morgan fingerprint density at radius 2 is 1.89 bits per heavy atom. The highest BCUT2D eigenvalue weighted by molar-refractivity contribution is 5.75. The number of fused-ring (bicyclic) bond motifs is 1. The van der Waals surface area contributed by atoms with Gasteiger partial charge in [0.25, 0.3) is 5.56 Å². The van der Waals surface area contributed by atoms with Gasteiger partial charge in [-0.2, -0.15) is 0 Å². The van der Waals surface area contributed by atoms with E-state index in [0.717, 1.165) is 30.7 Å². The van der Waals surface area contributed by atoms with Crippen LogP contribution in [-0.4, -0.2) is 20.2 Å². The van der Waals surface area contributed by atoms with E-state index in [0.29, 0.717) is 18.5 Å². The SMILES string of the molecule is Cc1cccc(-n2c(=O)n(C3CCC(N)CC3)c(=O)c3cc(F)cnc32)c1. The minimum absolute atomic E-state index is 0.0931. The average Bonchev–Trinajstić information content (AvgIpc) is 2.64. The van der Waals surface area contributed by atoms with Crippen molar-refractivity contribution in [1.29, 1.82) is 0 Å². The summed E-state index contributed by atoms with van der Waals surface area (Å²) in [5.41, 5.74) is 6.77. The van der Waals surface area contributed by atoms with Gasteiger partial charge in [-0.25, -0.2) is 18.7 Å². The fourth-order valence-corrected chi connectivity index (χ4v) is 3.86. The van der Waals surface area contributed by atoms with Crippen molar-refractivity contribution >= 4 is 11.0 Å². The summed E-state index contributed by atoms with van der Waals surface area (Å²) < 4.78 is 16.5. The average molecular weight is 368 g/mol. The first kappa shape index (κ1) is 17.6. The summed E-state index contributed by atoms with van der Waals surface area (Å²) in [5.74, 6) is -0.605. The molecule has 0 unspecified atom stereocenters. The zero-order valence-electron chi connectivity index (χ0n) is 15.1. The van der Waals surface area contributed by atoms with Crippen molar-refractivity contribution in [3.05, 3.63) is 68.7 Å². The normalized spacial score (nSPS) is 20.1. The van der Waals surface area contributed by atoms with Crippen LogP contribution in [-0.2, 0) is 0 Å². The van der Waals surface area contributed by atoms with Gasteiger partial charge in [0.15, 0.2) is 5.65 Å². The van der Waals surface area contributed by atoms with E-state index in [2.05, 4.69) is 4.98 Å². The number of rotatable bonds is 2. The Morgan fingerprint density at radius 3 is 2.59 bits per heavy atom. The second-order valence-electron chi connectivity index (χ2n) is 7.23. The molecule has 4 rings (SSSR count). The highest BCUT2D eigenvalue weighted by Crippen LogP contribution is 2.26. The number of hydrogen-bond acceptors (Lipinski definition) is 4. The van der Waals surface area contributed by atoms with Crippen LogP contribution in [0.3, 0.4) is 0 Å². The Balaban J connectivity index is 2.04. The van der Waals surface area contributed by atoms with Crippen LogP contribution in [0.25, 0.3) is 16.7 Å². The second kappa shape index (κ2) is 6.74. The van der Waals surface area contributed by atoms with E-state index in [1.807, 2.05) is 25.1 Å². The summed E-state index contributed by atoms with van der Waals surface area (Å²) in [6, 6.07) is 8.39. The van der Waals surface area contributed by atoms with Gasteiger partial charge >= 0.3 is 5.69 Å². The van der Waals surface area contributed by atoms with E-state index in [4.69, 9.17) is 5.73 Å². The van der Waals surface area contributed by atoms with E-state index in [1.165, 1.54) is 9.13 Å². The number of aromatic nitrogens is 3. The molecule has 0 atom stereocenters. The van der Waals surface area contributed by atoms with Crippen molar-refractivity contribution in [2.75, 3.05) is 0 Å². The summed E-state index contributed by atoms with van der Waals surface area (Å²) in [5, 5.41) is 0.103. The smallest absolute Gasteiger partial charge is 0.328 e. The number of nitrogens with zero attached hydrogens (tertiary/aromatic N) is 3. The monoisotopic (exact) mass is 368 g/mol. The summed E-state index contributed by atoms with van der Waals surface area (Å²) in [6.45, 7) is 1.92. The Labute approximate surface area is 155 Å². The molecule has 7 heteroatoms. The van der Waals surface area contributed by atoms with E-state index >= 15 is 0 Å². The van der Waals surface area contributed by atoms with E-state index in [-0.39, 0.29) is 23.1 Å². The van der Waals surface area contributed by atoms with Gasteiger partial charge in [0, 0.05) is 12.1 Å². The fraction of sp³-hybridized carbons (Fsp3) is 0.350. The first-order valence-corrected chi connectivity index (χ1v) is 9.11. The quantitative estimate of drug-likeness (QED) is 0.753. The third-order valence-electron chi connectivity index (χ3n) is 5.26.